The number of rotatable bonds is 3. The molecular formula is C17H22FNO3. The fourth-order valence-corrected chi connectivity index (χ4v) is 3.73. The van der Waals surface area contributed by atoms with E-state index >= 15 is 0 Å². The average molecular weight is 307 g/mol. The minimum absolute atomic E-state index is 0.318. The van der Waals surface area contributed by atoms with Crippen LogP contribution in [0.1, 0.15) is 37.7 Å². The second-order valence-electron chi connectivity index (χ2n) is 6.21. The first kappa shape index (κ1) is 15.3. The second-order valence-corrected chi connectivity index (χ2v) is 6.21. The van der Waals surface area contributed by atoms with Crippen LogP contribution < -0.4 is 4.90 Å². The number of aliphatic carboxylic acids is 1. The van der Waals surface area contributed by atoms with Gasteiger partial charge in [0.2, 0.25) is 0 Å². The fourth-order valence-electron chi connectivity index (χ4n) is 3.73. The van der Waals surface area contributed by atoms with Gasteiger partial charge in [0.1, 0.15) is 5.82 Å². The molecule has 1 aliphatic heterocycles. The van der Waals surface area contributed by atoms with Crippen LogP contribution in [0.3, 0.4) is 0 Å². The maximum atomic E-state index is 13.8. The van der Waals surface area contributed by atoms with Gasteiger partial charge in [-0.3, -0.25) is 4.79 Å². The van der Waals surface area contributed by atoms with Gasteiger partial charge < -0.3 is 14.7 Å². The molecule has 0 atom stereocenters. The molecule has 3 rings (SSSR count). The maximum absolute atomic E-state index is 13.8. The first-order valence-corrected chi connectivity index (χ1v) is 8.00. The highest BCUT2D eigenvalue weighted by molar-refractivity contribution is 5.84. The van der Waals surface area contributed by atoms with Crippen LogP contribution in [0.25, 0.3) is 0 Å². The topological polar surface area (TPSA) is 49.8 Å². The zero-order valence-corrected chi connectivity index (χ0v) is 12.7. The molecule has 1 aromatic carbocycles. The van der Waals surface area contributed by atoms with Gasteiger partial charge in [0, 0.05) is 18.8 Å². The van der Waals surface area contributed by atoms with Crippen LogP contribution in [-0.2, 0) is 14.9 Å². The molecule has 0 bridgehead atoms. The number of carboxylic acid groups (broad SMARTS) is 1. The van der Waals surface area contributed by atoms with Gasteiger partial charge in [0.25, 0.3) is 0 Å². The molecule has 0 aromatic heterocycles. The summed E-state index contributed by atoms with van der Waals surface area (Å²) in [5, 5.41) is 9.90. The molecule has 0 radical (unpaired) electrons. The lowest BCUT2D eigenvalue weighted by atomic mass is 9.68. The summed E-state index contributed by atoms with van der Waals surface area (Å²) in [6.07, 6.45) is 4.15. The Morgan fingerprint density at radius 3 is 2.50 bits per heavy atom. The fraction of sp³-hybridized carbons (Fsp3) is 0.588. The van der Waals surface area contributed by atoms with Crippen LogP contribution in [0, 0.1) is 5.82 Å². The Hall–Kier alpha value is -1.62. The molecule has 1 saturated carbocycles. The van der Waals surface area contributed by atoms with Crippen molar-refractivity contribution in [1.29, 1.82) is 0 Å². The van der Waals surface area contributed by atoms with Gasteiger partial charge in [-0.05, 0) is 30.5 Å². The number of benzene rings is 1. The Balaban J connectivity index is 2.06. The number of carboxylic acids is 1. The first-order valence-electron chi connectivity index (χ1n) is 8.00. The van der Waals surface area contributed by atoms with E-state index in [1.807, 2.05) is 0 Å². The van der Waals surface area contributed by atoms with Crippen molar-refractivity contribution in [2.45, 2.75) is 37.5 Å². The third kappa shape index (κ3) is 2.70. The smallest absolute Gasteiger partial charge is 0.314 e. The zero-order valence-electron chi connectivity index (χ0n) is 12.7. The van der Waals surface area contributed by atoms with Crippen molar-refractivity contribution in [3.8, 4) is 0 Å². The first-order chi connectivity index (χ1) is 10.6. The van der Waals surface area contributed by atoms with Crippen LogP contribution in [0.2, 0.25) is 0 Å². The molecule has 1 aromatic rings. The number of carbonyl (C=O) groups is 1. The van der Waals surface area contributed by atoms with Crippen molar-refractivity contribution in [3.05, 3.63) is 29.6 Å². The largest absolute Gasteiger partial charge is 0.481 e. The predicted octanol–water partition coefficient (Wildman–Crippen LogP) is 2.95. The molecule has 1 saturated heterocycles. The minimum Gasteiger partial charge on any atom is -0.481 e. The Morgan fingerprint density at radius 2 is 1.86 bits per heavy atom. The molecule has 0 spiro atoms. The third-order valence-corrected chi connectivity index (χ3v) is 4.94. The van der Waals surface area contributed by atoms with E-state index < -0.39 is 11.4 Å². The van der Waals surface area contributed by atoms with Gasteiger partial charge in [-0.2, -0.15) is 0 Å². The third-order valence-electron chi connectivity index (χ3n) is 4.94. The standard InChI is InChI=1S/C17H22FNO3/c18-13-4-5-14(15(12-13)19-8-10-22-11-9-19)17(16(20)21)6-2-1-3-7-17/h4-5,12H,1-3,6-11H2,(H,20,21). The van der Waals surface area contributed by atoms with Gasteiger partial charge in [0.15, 0.2) is 0 Å². The Morgan fingerprint density at radius 1 is 1.18 bits per heavy atom. The van der Waals surface area contributed by atoms with Crippen molar-refractivity contribution in [2.24, 2.45) is 0 Å². The highest BCUT2D eigenvalue weighted by Gasteiger charge is 2.43. The summed E-state index contributed by atoms with van der Waals surface area (Å²) >= 11 is 0. The van der Waals surface area contributed by atoms with Crippen molar-refractivity contribution < 1.29 is 19.0 Å². The molecule has 0 amide bonds. The maximum Gasteiger partial charge on any atom is 0.314 e. The number of anilines is 1. The normalized spacial score (nSPS) is 21.6. The molecular weight excluding hydrogens is 285 g/mol. The molecule has 1 N–H and O–H groups in total. The van der Waals surface area contributed by atoms with Crippen LogP contribution in [0.15, 0.2) is 18.2 Å². The van der Waals surface area contributed by atoms with E-state index in [4.69, 9.17) is 4.74 Å². The SMILES string of the molecule is O=C(O)C1(c2ccc(F)cc2N2CCOCC2)CCCCC1. The van der Waals surface area contributed by atoms with E-state index in [0.717, 1.165) is 30.5 Å². The summed E-state index contributed by atoms with van der Waals surface area (Å²) < 4.78 is 19.1. The number of ether oxygens (including phenoxy) is 1. The van der Waals surface area contributed by atoms with E-state index in [9.17, 15) is 14.3 Å². The van der Waals surface area contributed by atoms with E-state index in [0.29, 0.717) is 39.1 Å². The van der Waals surface area contributed by atoms with Crippen LogP contribution in [0.5, 0.6) is 0 Å². The number of hydrogen-bond donors (Lipinski definition) is 1. The summed E-state index contributed by atoms with van der Waals surface area (Å²) in [7, 11) is 0. The monoisotopic (exact) mass is 307 g/mol. The van der Waals surface area contributed by atoms with Gasteiger partial charge in [-0.1, -0.05) is 25.3 Å². The van der Waals surface area contributed by atoms with Crippen LogP contribution in [0.4, 0.5) is 10.1 Å². The summed E-state index contributed by atoms with van der Waals surface area (Å²) in [6.45, 7) is 2.53. The highest BCUT2D eigenvalue weighted by atomic mass is 19.1. The molecule has 120 valence electrons. The Kier molecular flexibility index (Phi) is 4.34. The Bertz CT molecular complexity index is 549. The summed E-state index contributed by atoms with van der Waals surface area (Å²) in [5.41, 5.74) is 0.621. The minimum atomic E-state index is -0.875. The number of nitrogens with zero attached hydrogens (tertiary/aromatic N) is 1. The van der Waals surface area contributed by atoms with E-state index in [1.165, 1.54) is 12.1 Å². The van der Waals surface area contributed by atoms with E-state index in [-0.39, 0.29) is 5.82 Å². The van der Waals surface area contributed by atoms with Gasteiger partial charge in [-0.15, -0.1) is 0 Å². The molecule has 4 nitrogen and oxygen atoms in total. The lowest BCUT2D eigenvalue weighted by Crippen LogP contribution is -2.42. The van der Waals surface area contributed by atoms with Crippen LogP contribution >= 0.6 is 0 Å². The number of hydrogen-bond acceptors (Lipinski definition) is 3. The second kappa shape index (κ2) is 6.24. The summed E-state index contributed by atoms with van der Waals surface area (Å²) in [5.74, 6) is -1.10. The molecule has 22 heavy (non-hydrogen) atoms. The molecule has 2 aliphatic rings. The molecule has 0 unspecified atom stereocenters. The Labute approximate surface area is 129 Å². The summed E-state index contributed by atoms with van der Waals surface area (Å²) in [4.78, 5) is 14.1. The lowest BCUT2D eigenvalue weighted by molar-refractivity contribution is -0.145. The lowest BCUT2D eigenvalue weighted by Gasteiger charge is -2.38. The van der Waals surface area contributed by atoms with Gasteiger partial charge >= 0.3 is 5.97 Å². The van der Waals surface area contributed by atoms with Gasteiger partial charge in [-0.25, -0.2) is 4.39 Å². The van der Waals surface area contributed by atoms with Crippen molar-refractivity contribution >= 4 is 11.7 Å². The van der Waals surface area contributed by atoms with Gasteiger partial charge in [0.05, 0.1) is 18.6 Å². The molecule has 2 fully saturated rings. The van der Waals surface area contributed by atoms with Crippen molar-refractivity contribution in [2.75, 3.05) is 31.2 Å². The molecule has 5 heteroatoms. The number of morpholine rings is 1. The number of halogens is 1. The van der Waals surface area contributed by atoms with Crippen molar-refractivity contribution in [3.63, 3.8) is 0 Å². The van der Waals surface area contributed by atoms with E-state index in [1.54, 1.807) is 6.07 Å². The molecule has 1 aliphatic carbocycles. The van der Waals surface area contributed by atoms with Crippen LogP contribution in [-0.4, -0.2) is 37.4 Å². The van der Waals surface area contributed by atoms with Crippen molar-refractivity contribution in [1.82, 2.24) is 0 Å². The summed E-state index contributed by atoms with van der Waals surface area (Å²) in [6, 6.07) is 4.55. The zero-order chi connectivity index (χ0) is 15.6. The highest BCUT2D eigenvalue weighted by Crippen LogP contribution is 2.44. The molecule has 1 heterocycles. The average Bonchev–Trinajstić information content (AvgIpc) is 2.56. The van der Waals surface area contributed by atoms with E-state index in [2.05, 4.69) is 4.90 Å². The quantitative estimate of drug-likeness (QED) is 0.933. The predicted molar refractivity (Wildman–Crippen MR) is 81.8 cm³/mol.